The number of anilines is 3. The van der Waals surface area contributed by atoms with Crippen molar-refractivity contribution in [2.75, 3.05) is 4.90 Å². The average Bonchev–Trinajstić information content (AvgIpc) is 3.52. The molecule has 0 amide bonds. The van der Waals surface area contributed by atoms with Crippen molar-refractivity contribution in [2.24, 2.45) is 0 Å². The number of fused-ring (bicyclic) bond motifs is 11. The zero-order chi connectivity index (χ0) is 31.0. The van der Waals surface area contributed by atoms with Crippen molar-refractivity contribution >= 4 is 89.2 Å². The fourth-order valence-electron chi connectivity index (χ4n) is 7.66. The van der Waals surface area contributed by atoms with Gasteiger partial charge in [0, 0.05) is 36.6 Å². The Bertz CT molecular complexity index is 2400. The molecule has 0 radical (unpaired) electrons. The molecule has 1 spiro atoms. The van der Waals surface area contributed by atoms with Gasteiger partial charge in [0.05, 0.1) is 10.4 Å². The minimum Gasteiger partial charge on any atom is -0.458 e. The topological polar surface area (TPSA) is 12.5 Å². The van der Waals surface area contributed by atoms with Crippen molar-refractivity contribution in [1.29, 1.82) is 0 Å². The first-order valence-electron chi connectivity index (χ1n) is 15.8. The lowest BCUT2D eigenvalue weighted by molar-refractivity contribution is 0.487. The summed E-state index contributed by atoms with van der Waals surface area (Å²) >= 11 is 3.76. The average molecular weight is 654 g/mol. The predicted octanol–water partition coefficient (Wildman–Crippen LogP) is 9.47. The van der Waals surface area contributed by atoms with Crippen LogP contribution in [0.2, 0.25) is 0 Å². The quantitative estimate of drug-likeness (QED) is 0.176. The molecule has 222 valence electrons. The first-order valence-corrected chi connectivity index (χ1v) is 19.5. The standard InChI is InChI=1S/C42H27NOS2Si/c1-2-13-28(14-3-1)43(32-17-12-16-31-30-15-4-6-19-35(30)46-42(31)32)29-25-26-34-41(27-29)47(38-22-9-5-18-33(38)44-34)39-23-10-7-20-36(39)45-37-21-8-11-24-40(37)47/h1-27H. The fourth-order valence-corrected chi connectivity index (χ4v) is 16.0. The van der Waals surface area contributed by atoms with Gasteiger partial charge in [0.1, 0.15) is 11.5 Å². The van der Waals surface area contributed by atoms with Crippen LogP contribution in [0.3, 0.4) is 0 Å². The van der Waals surface area contributed by atoms with Crippen molar-refractivity contribution in [3.8, 4) is 11.5 Å². The fraction of sp³-hybridized carbons (Fsp3) is 0. The lowest BCUT2D eigenvalue weighted by atomic mass is 10.1. The molecule has 5 heteroatoms. The molecule has 0 unspecified atom stereocenters. The highest BCUT2D eigenvalue weighted by Gasteiger charge is 2.52. The zero-order valence-electron chi connectivity index (χ0n) is 25.3. The Balaban J connectivity index is 1.29. The SMILES string of the molecule is c1ccc(N(c2ccc3c(c2)[Si]2(c4ccccc4O3)c3ccccc3Sc3ccccc32)c2cccc3c2sc2ccccc23)cc1. The molecule has 2 aliphatic rings. The lowest BCUT2D eigenvalue weighted by Crippen LogP contribution is -2.77. The Hall–Kier alpha value is -5.07. The van der Waals surface area contributed by atoms with Gasteiger partial charge in [-0.05, 0) is 81.4 Å². The summed E-state index contributed by atoms with van der Waals surface area (Å²) in [6, 6.07) is 60.0. The summed E-state index contributed by atoms with van der Waals surface area (Å²) in [5, 5.41) is 8.04. The molecule has 0 saturated heterocycles. The summed E-state index contributed by atoms with van der Waals surface area (Å²) < 4.78 is 9.39. The highest BCUT2D eigenvalue weighted by molar-refractivity contribution is 8.00. The van der Waals surface area contributed by atoms with Crippen molar-refractivity contribution < 1.29 is 4.74 Å². The van der Waals surface area contributed by atoms with Gasteiger partial charge in [-0.1, -0.05) is 115 Å². The molecular formula is C42H27NOS2Si. The van der Waals surface area contributed by atoms with E-state index in [1.54, 1.807) is 0 Å². The molecule has 2 aliphatic heterocycles. The van der Waals surface area contributed by atoms with Gasteiger partial charge in [0.15, 0.2) is 8.07 Å². The van der Waals surface area contributed by atoms with Crippen LogP contribution in [0, 0.1) is 0 Å². The van der Waals surface area contributed by atoms with Gasteiger partial charge < -0.3 is 9.64 Å². The van der Waals surface area contributed by atoms with Gasteiger partial charge in [-0.3, -0.25) is 0 Å². The Kier molecular flexibility index (Phi) is 6.03. The molecule has 8 aromatic rings. The monoisotopic (exact) mass is 653 g/mol. The van der Waals surface area contributed by atoms with Crippen LogP contribution in [0.5, 0.6) is 11.5 Å². The number of ether oxygens (including phenoxy) is 1. The summed E-state index contributed by atoms with van der Waals surface area (Å²) in [6.07, 6.45) is 0. The molecule has 10 rings (SSSR count). The summed E-state index contributed by atoms with van der Waals surface area (Å²) in [5.41, 5.74) is 3.44. The summed E-state index contributed by atoms with van der Waals surface area (Å²) in [5.74, 6) is 1.91. The summed E-state index contributed by atoms with van der Waals surface area (Å²) in [4.78, 5) is 5.11. The first kappa shape index (κ1) is 27.1. The van der Waals surface area contributed by atoms with Crippen molar-refractivity contribution in [3.05, 3.63) is 164 Å². The maximum absolute atomic E-state index is 6.80. The second-order valence-electron chi connectivity index (χ2n) is 12.0. The van der Waals surface area contributed by atoms with E-state index < -0.39 is 8.07 Å². The molecule has 1 aromatic heterocycles. The molecular weight excluding hydrogens is 627 g/mol. The van der Waals surface area contributed by atoms with E-state index in [2.05, 4.69) is 169 Å². The van der Waals surface area contributed by atoms with Crippen molar-refractivity contribution in [2.45, 2.75) is 9.79 Å². The Morgan fingerprint density at radius 3 is 1.91 bits per heavy atom. The van der Waals surface area contributed by atoms with Crippen LogP contribution in [0.15, 0.2) is 174 Å². The largest absolute Gasteiger partial charge is 0.458 e. The van der Waals surface area contributed by atoms with Gasteiger partial charge in [0.25, 0.3) is 0 Å². The highest BCUT2D eigenvalue weighted by Crippen LogP contribution is 2.46. The van der Waals surface area contributed by atoms with Crippen molar-refractivity contribution in [1.82, 2.24) is 0 Å². The highest BCUT2D eigenvalue weighted by atomic mass is 32.2. The van der Waals surface area contributed by atoms with E-state index in [9.17, 15) is 0 Å². The molecule has 47 heavy (non-hydrogen) atoms. The van der Waals surface area contributed by atoms with Crippen LogP contribution in [0.4, 0.5) is 17.1 Å². The second kappa shape index (κ2) is 10.5. The second-order valence-corrected chi connectivity index (χ2v) is 17.8. The predicted molar refractivity (Wildman–Crippen MR) is 202 cm³/mol. The maximum Gasteiger partial charge on any atom is 0.190 e. The van der Waals surface area contributed by atoms with E-state index in [0.29, 0.717) is 0 Å². The zero-order valence-corrected chi connectivity index (χ0v) is 27.9. The van der Waals surface area contributed by atoms with Crippen LogP contribution in [0.1, 0.15) is 0 Å². The lowest BCUT2D eigenvalue weighted by Gasteiger charge is -2.43. The van der Waals surface area contributed by atoms with E-state index >= 15 is 0 Å². The third-order valence-corrected chi connectivity index (χ3v) is 17.2. The number of nitrogens with zero attached hydrogens (tertiary/aromatic N) is 1. The number of benzene rings is 7. The van der Waals surface area contributed by atoms with Gasteiger partial charge in [-0.15, -0.1) is 11.3 Å². The summed E-state index contributed by atoms with van der Waals surface area (Å²) in [6.45, 7) is 0. The van der Waals surface area contributed by atoms with E-state index in [4.69, 9.17) is 4.74 Å². The molecule has 0 N–H and O–H groups in total. The van der Waals surface area contributed by atoms with Gasteiger partial charge in [0.2, 0.25) is 0 Å². The number of para-hydroxylation sites is 2. The molecule has 0 bridgehead atoms. The minimum absolute atomic E-state index is 0.948. The van der Waals surface area contributed by atoms with E-state index in [-0.39, 0.29) is 0 Å². The molecule has 0 fully saturated rings. The van der Waals surface area contributed by atoms with Gasteiger partial charge >= 0.3 is 0 Å². The Labute approximate surface area is 282 Å². The van der Waals surface area contributed by atoms with Gasteiger partial charge in [-0.2, -0.15) is 0 Å². The van der Waals surface area contributed by atoms with Crippen LogP contribution < -0.4 is 30.4 Å². The van der Waals surface area contributed by atoms with Crippen LogP contribution >= 0.6 is 23.1 Å². The third-order valence-electron chi connectivity index (χ3n) is 9.58. The minimum atomic E-state index is -2.78. The molecule has 3 heterocycles. The molecule has 0 saturated carbocycles. The van der Waals surface area contributed by atoms with Gasteiger partial charge in [-0.25, -0.2) is 0 Å². The summed E-state index contributed by atoms with van der Waals surface area (Å²) in [7, 11) is -2.78. The van der Waals surface area contributed by atoms with Crippen molar-refractivity contribution in [3.63, 3.8) is 0 Å². The molecule has 0 atom stereocenters. The number of hydrogen-bond acceptors (Lipinski definition) is 4. The normalized spacial score (nSPS) is 13.8. The van der Waals surface area contributed by atoms with E-state index in [1.165, 1.54) is 56.4 Å². The Morgan fingerprint density at radius 1 is 0.468 bits per heavy atom. The number of hydrogen-bond donors (Lipinski definition) is 0. The molecule has 0 aliphatic carbocycles. The van der Waals surface area contributed by atoms with Crippen LogP contribution in [-0.2, 0) is 0 Å². The smallest absolute Gasteiger partial charge is 0.190 e. The Morgan fingerprint density at radius 2 is 1.11 bits per heavy atom. The maximum atomic E-state index is 6.80. The molecule has 2 nitrogen and oxygen atoms in total. The molecule has 7 aromatic carbocycles. The number of rotatable bonds is 3. The van der Waals surface area contributed by atoms with E-state index in [1.807, 2.05) is 23.1 Å². The number of thiophene rings is 1. The van der Waals surface area contributed by atoms with Crippen LogP contribution in [-0.4, -0.2) is 8.07 Å². The first-order chi connectivity index (χ1) is 23.3. The third kappa shape index (κ3) is 3.91. The van der Waals surface area contributed by atoms with Crippen LogP contribution in [0.25, 0.3) is 20.2 Å². The van der Waals surface area contributed by atoms with E-state index in [0.717, 1.165) is 22.9 Å².